The maximum Gasteiger partial charge on any atom is 0.199 e. The van der Waals surface area contributed by atoms with Crippen molar-refractivity contribution in [1.29, 1.82) is 21.0 Å². The molecule has 0 radical (unpaired) electrons. The lowest BCUT2D eigenvalue weighted by atomic mass is 10.0. The number of fused-ring (bicyclic) bond motifs is 4. The third kappa shape index (κ3) is 3.14. The molecule has 4 aromatic heterocycles. The Hall–Kier alpha value is -6.17. The van der Waals surface area contributed by atoms with Crippen molar-refractivity contribution < 1.29 is 0 Å². The molecule has 162 valence electrons. The standard InChI is InChI=1S/C25H7N11/c26-8-14-7-19-23(34-20(14)9-27)32-17-5-12(1-3-15(17)30-19)13-2-4-16-18(6-13)33-25-24(31-16)35-21(10-28)22(11-29)36-25/h1-7H. The van der Waals surface area contributed by atoms with Gasteiger partial charge in [0.1, 0.15) is 29.8 Å². The minimum atomic E-state index is -0.106. The van der Waals surface area contributed by atoms with Crippen LogP contribution < -0.4 is 0 Å². The first-order chi connectivity index (χ1) is 17.6. The number of aromatic nitrogens is 7. The van der Waals surface area contributed by atoms with Gasteiger partial charge in [-0.3, -0.25) is 0 Å². The Labute approximate surface area is 201 Å². The molecule has 2 aromatic carbocycles. The van der Waals surface area contributed by atoms with E-state index in [4.69, 9.17) is 0 Å². The van der Waals surface area contributed by atoms with Crippen LogP contribution in [0.5, 0.6) is 0 Å². The van der Waals surface area contributed by atoms with E-state index in [2.05, 4.69) is 34.9 Å². The van der Waals surface area contributed by atoms with Gasteiger partial charge in [-0.2, -0.15) is 21.0 Å². The molecule has 6 aromatic rings. The zero-order chi connectivity index (χ0) is 24.8. The summed E-state index contributed by atoms with van der Waals surface area (Å²) in [5.41, 5.74) is 4.93. The van der Waals surface area contributed by atoms with Crippen molar-refractivity contribution in [1.82, 2.24) is 34.9 Å². The first-order valence-electron chi connectivity index (χ1n) is 10.3. The number of hydrogen-bond donors (Lipinski definition) is 0. The molecule has 11 nitrogen and oxygen atoms in total. The van der Waals surface area contributed by atoms with Crippen LogP contribution in [0.4, 0.5) is 0 Å². The number of pyridine rings is 1. The van der Waals surface area contributed by atoms with Crippen LogP contribution in [0.3, 0.4) is 0 Å². The molecular formula is C25H7N11. The van der Waals surface area contributed by atoms with Gasteiger partial charge in [-0.25, -0.2) is 34.9 Å². The summed E-state index contributed by atoms with van der Waals surface area (Å²) in [5.74, 6) is 0. The fourth-order valence-electron chi connectivity index (χ4n) is 3.80. The van der Waals surface area contributed by atoms with Crippen LogP contribution in [0.2, 0.25) is 0 Å². The Morgan fingerprint density at radius 1 is 0.417 bits per heavy atom. The summed E-state index contributed by atoms with van der Waals surface area (Å²) in [5, 5.41) is 36.9. The molecule has 0 saturated heterocycles. The molecule has 0 saturated carbocycles. The summed E-state index contributed by atoms with van der Waals surface area (Å²) < 4.78 is 0. The van der Waals surface area contributed by atoms with Crippen LogP contribution in [0, 0.1) is 45.3 Å². The van der Waals surface area contributed by atoms with Gasteiger partial charge in [0.15, 0.2) is 34.0 Å². The van der Waals surface area contributed by atoms with Gasteiger partial charge in [0.05, 0.1) is 27.6 Å². The van der Waals surface area contributed by atoms with Gasteiger partial charge in [0.2, 0.25) is 0 Å². The lowest BCUT2D eigenvalue weighted by molar-refractivity contribution is 1.14. The maximum atomic E-state index is 9.26. The summed E-state index contributed by atoms with van der Waals surface area (Å²) in [6, 6.07) is 20.1. The predicted molar refractivity (Wildman–Crippen MR) is 125 cm³/mol. The average Bonchev–Trinajstić information content (AvgIpc) is 2.92. The van der Waals surface area contributed by atoms with Crippen LogP contribution in [0.1, 0.15) is 22.6 Å². The van der Waals surface area contributed by atoms with Crippen molar-refractivity contribution >= 4 is 44.5 Å². The molecule has 0 amide bonds. The second kappa shape index (κ2) is 7.71. The molecule has 36 heavy (non-hydrogen) atoms. The van der Waals surface area contributed by atoms with Crippen LogP contribution >= 0.6 is 0 Å². The highest BCUT2D eigenvalue weighted by Gasteiger charge is 2.13. The van der Waals surface area contributed by atoms with Gasteiger partial charge < -0.3 is 0 Å². The van der Waals surface area contributed by atoms with Gasteiger partial charge in [0, 0.05) is 0 Å². The van der Waals surface area contributed by atoms with Gasteiger partial charge in [-0.1, -0.05) is 12.1 Å². The predicted octanol–water partition coefficient (Wildman–Crippen LogP) is 3.22. The quantitative estimate of drug-likeness (QED) is 0.327. The second-order valence-corrected chi connectivity index (χ2v) is 7.60. The van der Waals surface area contributed by atoms with Gasteiger partial charge in [-0.15, -0.1) is 0 Å². The van der Waals surface area contributed by atoms with E-state index in [9.17, 15) is 21.0 Å². The van der Waals surface area contributed by atoms with E-state index >= 15 is 0 Å². The average molecular weight is 461 g/mol. The van der Waals surface area contributed by atoms with E-state index < -0.39 is 0 Å². The van der Waals surface area contributed by atoms with E-state index in [1.165, 1.54) is 6.07 Å². The number of rotatable bonds is 1. The largest absolute Gasteiger partial charge is 0.243 e. The number of nitrogens with zero attached hydrogens (tertiary/aromatic N) is 11. The van der Waals surface area contributed by atoms with Crippen LogP contribution in [-0.4, -0.2) is 34.9 Å². The Bertz CT molecular complexity index is 1950. The third-order valence-electron chi connectivity index (χ3n) is 5.48. The summed E-state index contributed by atoms with van der Waals surface area (Å²) in [6.07, 6.45) is 0. The molecule has 11 heteroatoms. The van der Waals surface area contributed by atoms with Gasteiger partial charge in [0.25, 0.3) is 0 Å². The highest BCUT2D eigenvalue weighted by atomic mass is 15.0. The molecular weight excluding hydrogens is 454 g/mol. The Kier molecular flexibility index (Phi) is 4.37. The monoisotopic (exact) mass is 461 g/mol. The first-order valence-corrected chi connectivity index (χ1v) is 10.3. The fraction of sp³-hybridized carbons (Fsp3) is 0. The SMILES string of the molecule is N#Cc1cc2nc3ccc(-c4ccc5nc6nc(C#N)c(C#N)nc6nc5c4)cc3nc2nc1C#N. The van der Waals surface area contributed by atoms with Crippen LogP contribution in [-0.2, 0) is 0 Å². The fourth-order valence-corrected chi connectivity index (χ4v) is 3.80. The van der Waals surface area contributed by atoms with Crippen LogP contribution in [0.15, 0.2) is 42.5 Å². The van der Waals surface area contributed by atoms with Crippen molar-refractivity contribution in [3.8, 4) is 35.4 Å². The Balaban J connectivity index is 1.49. The number of benzene rings is 2. The molecule has 0 atom stereocenters. The lowest BCUT2D eigenvalue weighted by Crippen LogP contribution is -2.00. The topological polar surface area (TPSA) is 185 Å². The molecule has 0 N–H and O–H groups in total. The number of hydrogen-bond acceptors (Lipinski definition) is 11. The van der Waals surface area contributed by atoms with Crippen molar-refractivity contribution in [3.05, 3.63) is 65.1 Å². The molecule has 0 aliphatic rings. The van der Waals surface area contributed by atoms with E-state index in [1.807, 2.05) is 54.6 Å². The highest BCUT2D eigenvalue weighted by Crippen LogP contribution is 2.27. The normalized spacial score (nSPS) is 10.7. The van der Waals surface area contributed by atoms with E-state index in [1.54, 1.807) is 6.07 Å². The zero-order valence-corrected chi connectivity index (χ0v) is 18.0. The maximum absolute atomic E-state index is 9.26. The molecule has 6 rings (SSSR count). The third-order valence-corrected chi connectivity index (χ3v) is 5.48. The second-order valence-electron chi connectivity index (χ2n) is 7.60. The molecule has 0 aliphatic heterocycles. The summed E-state index contributed by atoms with van der Waals surface area (Å²) in [6.45, 7) is 0. The molecule has 0 aliphatic carbocycles. The molecule has 0 fully saturated rings. The minimum absolute atomic E-state index is 0.000296. The van der Waals surface area contributed by atoms with Crippen molar-refractivity contribution in [2.45, 2.75) is 0 Å². The van der Waals surface area contributed by atoms with Gasteiger partial charge >= 0.3 is 0 Å². The van der Waals surface area contributed by atoms with Crippen molar-refractivity contribution in [3.63, 3.8) is 0 Å². The molecule has 0 unspecified atom stereocenters. The Morgan fingerprint density at radius 2 is 0.917 bits per heavy atom. The Morgan fingerprint density at radius 3 is 1.47 bits per heavy atom. The minimum Gasteiger partial charge on any atom is -0.243 e. The van der Waals surface area contributed by atoms with Gasteiger partial charge in [-0.05, 0) is 41.5 Å². The summed E-state index contributed by atoms with van der Waals surface area (Å²) in [7, 11) is 0. The first kappa shape index (κ1) is 20.4. The van der Waals surface area contributed by atoms with E-state index in [-0.39, 0.29) is 39.6 Å². The van der Waals surface area contributed by atoms with E-state index in [0.717, 1.165) is 11.1 Å². The highest BCUT2D eigenvalue weighted by molar-refractivity contribution is 5.91. The molecule has 0 bridgehead atoms. The van der Waals surface area contributed by atoms with Crippen molar-refractivity contribution in [2.75, 3.05) is 0 Å². The smallest absolute Gasteiger partial charge is 0.199 e. The van der Waals surface area contributed by atoms with Crippen molar-refractivity contribution in [2.24, 2.45) is 0 Å². The lowest BCUT2D eigenvalue weighted by Gasteiger charge is -2.07. The number of nitriles is 4. The van der Waals surface area contributed by atoms with E-state index in [0.29, 0.717) is 27.6 Å². The molecule has 4 heterocycles. The zero-order valence-electron chi connectivity index (χ0n) is 18.0. The van der Waals surface area contributed by atoms with Crippen LogP contribution in [0.25, 0.3) is 55.7 Å². The summed E-state index contributed by atoms with van der Waals surface area (Å²) >= 11 is 0. The summed E-state index contributed by atoms with van der Waals surface area (Å²) in [4.78, 5) is 30.4. The molecule has 0 spiro atoms.